The van der Waals surface area contributed by atoms with Gasteiger partial charge in [-0.2, -0.15) is 0 Å². The lowest BCUT2D eigenvalue weighted by Crippen LogP contribution is -2.11. The molecule has 0 saturated heterocycles. The second-order valence-corrected chi connectivity index (χ2v) is 6.34. The number of benzene rings is 3. The van der Waals surface area contributed by atoms with Gasteiger partial charge in [-0.05, 0) is 29.8 Å². The smallest absolute Gasteiger partial charge is 0.196 e. The lowest BCUT2D eigenvalue weighted by Gasteiger charge is -2.10. The van der Waals surface area contributed by atoms with Crippen LogP contribution >= 0.6 is 11.6 Å². The Balaban J connectivity index is 1.97. The van der Waals surface area contributed by atoms with Gasteiger partial charge < -0.3 is 4.42 Å². The highest BCUT2D eigenvalue weighted by Gasteiger charge is 2.16. The van der Waals surface area contributed by atoms with Crippen molar-refractivity contribution in [2.24, 2.45) is 0 Å². The maximum atomic E-state index is 13.1. The van der Waals surface area contributed by atoms with Gasteiger partial charge in [-0.25, -0.2) is 0 Å². The van der Waals surface area contributed by atoms with E-state index in [9.17, 15) is 4.79 Å². The van der Waals surface area contributed by atoms with E-state index in [2.05, 4.69) is 0 Å². The first-order valence-electron chi connectivity index (χ1n) is 8.07. The van der Waals surface area contributed by atoms with Crippen LogP contribution in [0.5, 0.6) is 0 Å². The molecule has 0 bridgehead atoms. The highest BCUT2D eigenvalue weighted by molar-refractivity contribution is 6.30. The summed E-state index contributed by atoms with van der Waals surface area (Å²) in [5.74, 6) is 0.615. The van der Waals surface area contributed by atoms with E-state index < -0.39 is 0 Å². The topological polar surface area (TPSA) is 30.2 Å². The van der Waals surface area contributed by atoms with Crippen LogP contribution in [0.1, 0.15) is 11.1 Å². The van der Waals surface area contributed by atoms with Crippen molar-refractivity contribution in [3.05, 3.63) is 105 Å². The Morgan fingerprint density at radius 2 is 1.60 bits per heavy atom. The maximum absolute atomic E-state index is 13.1. The molecule has 1 aromatic heterocycles. The first kappa shape index (κ1) is 15.7. The molecule has 3 aromatic carbocycles. The number of para-hydroxylation sites is 1. The minimum atomic E-state index is 0.000628. The Hall–Kier alpha value is -2.84. The molecule has 2 nitrogen and oxygen atoms in total. The molecule has 4 rings (SSSR count). The molecule has 0 radical (unpaired) electrons. The quantitative estimate of drug-likeness (QED) is 0.476. The van der Waals surface area contributed by atoms with Gasteiger partial charge in [0.2, 0.25) is 0 Å². The first-order valence-corrected chi connectivity index (χ1v) is 8.45. The number of hydrogen-bond acceptors (Lipinski definition) is 2. The Bertz CT molecular complexity index is 1100. The summed E-state index contributed by atoms with van der Waals surface area (Å²) in [7, 11) is 0. The lowest BCUT2D eigenvalue weighted by atomic mass is 9.98. The molecule has 0 unspecified atom stereocenters. The largest absolute Gasteiger partial charge is 0.456 e. The van der Waals surface area contributed by atoms with Crippen molar-refractivity contribution < 1.29 is 4.42 Å². The SMILES string of the molecule is O=c1c(Cc2cccc(Cl)c2)c(-c2ccccc2)oc2ccccc12. The van der Waals surface area contributed by atoms with Crippen molar-refractivity contribution in [3.8, 4) is 11.3 Å². The molecular weight excluding hydrogens is 332 g/mol. The summed E-state index contributed by atoms with van der Waals surface area (Å²) >= 11 is 6.10. The van der Waals surface area contributed by atoms with Crippen LogP contribution in [0.3, 0.4) is 0 Å². The van der Waals surface area contributed by atoms with Gasteiger partial charge in [-0.1, -0.05) is 66.2 Å². The Labute approximate surface area is 150 Å². The van der Waals surface area contributed by atoms with E-state index >= 15 is 0 Å². The van der Waals surface area contributed by atoms with Crippen LogP contribution in [0.4, 0.5) is 0 Å². The molecule has 0 fully saturated rings. The van der Waals surface area contributed by atoms with Gasteiger partial charge in [0.25, 0.3) is 0 Å². The number of hydrogen-bond donors (Lipinski definition) is 0. The van der Waals surface area contributed by atoms with E-state index in [1.54, 1.807) is 6.07 Å². The summed E-state index contributed by atoms with van der Waals surface area (Å²) in [6.45, 7) is 0. The number of halogens is 1. The van der Waals surface area contributed by atoms with Gasteiger partial charge in [0.15, 0.2) is 5.43 Å². The van der Waals surface area contributed by atoms with Crippen molar-refractivity contribution in [1.82, 2.24) is 0 Å². The van der Waals surface area contributed by atoms with Crippen LogP contribution in [-0.4, -0.2) is 0 Å². The van der Waals surface area contributed by atoms with Crippen LogP contribution in [0.25, 0.3) is 22.3 Å². The average Bonchev–Trinajstić information content (AvgIpc) is 2.65. The third-order valence-electron chi connectivity index (χ3n) is 4.20. The molecule has 0 atom stereocenters. The Kier molecular flexibility index (Phi) is 4.12. The van der Waals surface area contributed by atoms with E-state index in [-0.39, 0.29) is 5.43 Å². The van der Waals surface area contributed by atoms with Crippen molar-refractivity contribution in [1.29, 1.82) is 0 Å². The monoisotopic (exact) mass is 346 g/mol. The van der Waals surface area contributed by atoms with Gasteiger partial charge in [0.1, 0.15) is 11.3 Å². The molecule has 25 heavy (non-hydrogen) atoms. The van der Waals surface area contributed by atoms with Crippen molar-refractivity contribution in [3.63, 3.8) is 0 Å². The van der Waals surface area contributed by atoms with Crippen molar-refractivity contribution in [2.75, 3.05) is 0 Å². The number of fused-ring (bicyclic) bond motifs is 1. The van der Waals surface area contributed by atoms with Gasteiger partial charge in [0.05, 0.1) is 5.39 Å². The van der Waals surface area contributed by atoms with E-state index in [0.29, 0.717) is 33.7 Å². The number of rotatable bonds is 3. The first-order chi connectivity index (χ1) is 12.2. The fourth-order valence-corrected chi connectivity index (χ4v) is 3.23. The van der Waals surface area contributed by atoms with Crippen molar-refractivity contribution >= 4 is 22.6 Å². The van der Waals surface area contributed by atoms with E-state index in [1.807, 2.05) is 72.8 Å². The second kappa shape index (κ2) is 6.58. The summed E-state index contributed by atoms with van der Waals surface area (Å²) in [5, 5.41) is 1.25. The predicted octanol–water partition coefficient (Wildman–Crippen LogP) is 5.70. The molecule has 3 heteroatoms. The second-order valence-electron chi connectivity index (χ2n) is 5.91. The zero-order valence-corrected chi connectivity index (χ0v) is 14.2. The van der Waals surface area contributed by atoms with E-state index in [1.165, 1.54) is 0 Å². The van der Waals surface area contributed by atoms with E-state index in [4.69, 9.17) is 16.0 Å². The standard InChI is InChI=1S/C22H15ClO2/c23-17-10-6-7-15(13-17)14-19-21(24)18-11-4-5-12-20(18)25-22(19)16-8-2-1-3-9-16/h1-13H,14H2. The fraction of sp³-hybridized carbons (Fsp3) is 0.0455. The molecule has 0 saturated carbocycles. The van der Waals surface area contributed by atoms with Crippen LogP contribution in [0, 0.1) is 0 Å². The molecule has 0 amide bonds. The molecule has 0 aliphatic carbocycles. The van der Waals surface area contributed by atoms with Crippen LogP contribution in [0.2, 0.25) is 5.02 Å². The normalized spacial score (nSPS) is 10.9. The predicted molar refractivity (Wildman–Crippen MR) is 102 cm³/mol. The third kappa shape index (κ3) is 3.09. The summed E-state index contributed by atoms with van der Waals surface area (Å²) < 4.78 is 6.13. The van der Waals surface area contributed by atoms with Crippen LogP contribution in [-0.2, 0) is 6.42 Å². The van der Waals surface area contributed by atoms with Gasteiger partial charge >= 0.3 is 0 Å². The van der Waals surface area contributed by atoms with Gasteiger partial charge in [-0.3, -0.25) is 4.79 Å². The third-order valence-corrected chi connectivity index (χ3v) is 4.43. The minimum absolute atomic E-state index is 0.000628. The molecule has 0 N–H and O–H groups in total. The highest BCUT2D eigenvalue weighted by atomic mass is 35.5. The zero-order chi connectivity index (χ0) is 17.2. The Morgan fingerprint density at radius 3 is 2.40 bits per heavy atom. The maximum Gasteiger partial charge on any atom is 0.196 e. The summed E-state index contributed by atoms with van der Waals surface area (Å²) in [6, 6.07) is 24.6. The fourth-order valence-electron chi connectivity index (χ4n) is 3.01. The summed E-state index contributed by atoms with van der Waals surface area (Å²) in [4.78, 5) is 13.1. The molecular formula is C22H15ClO2. The molecule has 4 aromatic rings. The van der Waals surface area contributed by atoms with E-state index in [0.717, 1.165) is 11.1 Å². The highest BCUT2D eigenvalue weighted by Crippen LogP contribution is 2.27. The van der Waals surface area contributed by atoms with Gasteiger partial charge in [-0.15, -0.1) is 0 Å². The average molecular weight is 347 g/mol. The molecule has 0 aliphatic rings. The lowest BCUT2D eigenvalue weighted by molar-refractivity contribution is 0.611. The van der Waals surface area contributed by atoms with Gasteiger partial charge in [0, 0.05) is 22.6 Å². The minimum Gasteiger partial charge on any atom is -0.456 e. The molecule has 1 heterocycles. The van der Waals surface area contributed by atoms with Crippen molar-refractivity contribution in [2.45, 2.75) is 6.42 Å². The molecule has 0 aliphatic heterocycles. The molecule has 122 valence electrons. The summed E-state index contributed by atoms with van der Waals surface area (Å²) in [5.41, 5.74) is 3.11. The summed E-state index contributed by atoms with van der Waals surface area (Å²) in [6.07, 6.45) is 0.470. The molecule has 0 spiro atoms. The Morgan fingerprint density at radius 1 is 0.840 bits per heavy atom. The van der Waals surface area contributed by atoms with Crippen LogP contribution < -0.4 is 5.43 Å². The zero-order valence-electron chi connectivity index (χ0n) is 13.4. The van der Waals surface area contributed by atoms with Crippen LogP contribution in [0.15, 0.2) is 88.1 Å².